The van der Waals surface area contributed by atoms with Crippen molar-refractivity contribution in [1.29, 1.82) is 0 Å². The molecule has 0 aliphatic carbocycles. The fourth-order valence-electron chi connectivity index (χ4n) is 3.59. The van der Waals surface area contributed by atoms with Gasteiger partial charge in [0.05, 0.1) is 0 Å². The molecule has 2 heteroatoms. The quantitative estimate of drug-likeness (QED) is 0.768. The summed E-state index contributed by atoms with van der Waals surface area (Å²) in [6.45, 7) is 9.56. The molecule has 2 heterocycles. The SMILES string of the molecule is CCC1CNCC1N1C(C)CCC1CC. The van der Waals surface area contributed by atoms with E-state index < -0.39 is 0 Å². The van der Waals surface area contributed by atoms with Crippen LogP contribution in [-0.4, -0.2) is 36.1 Å². The molecule has 0 aromatic carbocycles. The van der Waals surface area contributed by atoms with Gasteiger partial charge in [-0.25, -0.2) is 0 Å². The van der Waals surface area contributed by atoms with Crippen molar-refractivity contribution in [2.24, 2.45) is 5.92 Å². The molecule has 0 aromatic rings. The molecule has 4 atom stereocenters. The smallest absolute Gasteiger partial charge is 0.0266 e. The molecular formula is C13H26N2. The largest absolute Gasteiger partial charge is 0.315 e. The van der Waals surface area contributed by atoms with Crippen molar-refractivity contribution in [1.82, 2.24) is 10.2 Å². The van der Waals surface area contributed by atoms with E-state index in [4.69, 9.17) is 0 Å². The van der Waals surface area contributed by atoms with Crippen molar-refractivity contribution in [2.75, 3.05) is 13.1 Å². The minimum atomic E-state index is 0.814. The summed E-state index contributed by atoms with van der Waals surface area (Å²) in [6.07, 6.45) is 5.49. The molecule has 1 N–H and O–H groups in total. The maximum Gasteiger partial charge on any atom is 0.0266 e. The monoisotopic (exact) mass is 210 g/mol. The molecule has 0 aromatic heterocycles. The second kappa shape index (κ2) is 4.84. The van der Waals surface area contributed by atoms with Gasteiger partial charge in [0.25, 0.3) is 0 Å². The van der Waals surface area contributed by atoms with Gasteiger partial charge in [-0.15, -0.1) is 0 Å². The lowest BCUT2D eigenvalue weighted by Gasteiger charge is -2.36. The van der Waals surface area contributed by atoms with Crippen molar-refractivity contribution < 1.29 is 0 Å². The first kappa shape index (κ1) is 11.4. The van der Waals surface area contributed by atoms with Gasteiger partial charge in [0.2, 0.25) is 0 Å². The highest BCUT2D eigenvalue weighted by atomic mass is 15.3. The Balaban J connectivity index is 2.06. The third-order valence-corrected chi connectivity index (χ3v) is 4.53. The van der Waals surface area contributed by atoms with Crippen LogP contribution in [0.4, 0.5) is 0 Å². The third-order valence-electron chi connectivity index (χ3n) is 4.53. The Bertz CT molecular complexity index is 205. The molecule has 2 rings (SSSR count). The molecule has 2 saturated heterocycles. The van der Waals surface area contributed by atoms with Gasteiger partial charge in [-0.3, -0.25) is 4.90 Å². The molecule has 88 valence electrons. The van der Waals surface area contributed by atoms with Crippen LogP contribution in [0.25, 0.3) is 0 Å². The summed E-state index contributed by atoms with van der Waals surface area (Å²) in [4.78, 5) is 2.83. The van der Waals surface area contributed by atoms with Crippen molar-refractivity contribution in [3.05, 3.63) is 0 Å². The average Bonchev–Trinajstić information content (AvgIpc) is 2.82. The molecular weight excluding hydrogens is 184 g/mol. The van der Waals surface area contributed by atoms with Crippen LogP contribution in [0.5, 0.6) is 0 Å². The Morgan fingerprint density at radius 3 is 2.60 bits per heavy atom. The van der Waals surface area contributed by atoms with Gasteiger partial charge in [-0.05, 0) is 38.6 Å². The molecule has 2 aliphatic rings. The predicted molar refractivity (Wildman–Crippen MR) is 65.1 cm³/mol. The number of nitrogens with one attached hydrogen (secondary N) is 1. The average molecular weight is 210 g/mol. The lowest BCUT2D eigenvalue weighted by Crippen LogP contribution is -2.46. The zero-order valence-corrected chi connectivity index (χ0v) is 10.5. The van der Waals surface area contributed by atoms with Crippen LogP contribution in [0.2, 0.25) is 0 Å². The Kier molecular flexibility index (Phi) is 3.68. The number of likely N-dealkylation sites (tertiary alicyclic amines) is 1. The fraction of sp³-hybridized carbons (Fsp3) is 1.00. The second-order valence-corrected chi connectivity index (χ2v) is 5.33. The van der Waals surface area contributed by atoms with Crippen LogP contribution in [0.15, 0.2) is 0 Å². The molecule has 0 radical (unpaired) electrons. The molecule has 15 heavy (non-hydrogen) atoms. The molecule has 4 unspecified atom stereocenters. The molecule has 0 amide bonds. The second-order valence-electron chi connectivity index (χ2n) is 5.33. The van der Waals surface area contributed by atoms with Gasteiger partial charge in [-0.1, -0.05) is 20.3 Å². The number of hydrogen-bond acceptors (Lipinski definition) is 2. The minimum absolute atomic E-state index is 0.814. The van der Waals surface area contributed by atoms with Gasteiger partial charge in [0, 0.05) is 24.7 Å². The predicted octanol–water partition coefficient (Wildman–Crippen LogP) is 2.25. The van der Waals surface area contributed by atoms with Crippen LogP contribution >= 0.6 is 0 Å². The van der Waals surface area contributed by atoms with E-state index in [0.29, 0.717) is 0 Å². The standard InChI is InChI=1S/C13H26N2/c1-4-11-8-14-9-13(11)15-10(3)6-7-12(15)5-2/h10-14H,4-9H2,1-3H3. The first-order valence-corrected chi connectivity index (χ1v) is 6.76. The van der Waals surface area contributed by atoms with Crippen LogP contribution in [-0.2, 0) is 0 Å². The number of nitrogens with zero attached hydrogens (tertiary/aromatic N) is 1. The Hall–Kier alpha value is -0.0800. The van der Waals surface area contributed by atoms with E-state index in [2.05, 4.69) is 31.0 Å². The van der Waals surface area contributed by atoms with Gasteiger partial charge in [0.1, 0.15) is 0 Å². The molecule has 0 bridgehead atoms. The third kappa shape index (κ3) is 2.07. The highest BCUT2D eigenvalue weighted by Gasteiger charge is 2.39. The Labute approximate surface area is 94.4 Å². The van der Waals surface area contributed by atoms with Crippen molar-refractivity contribution in [2.45, 2.75) is 64.6 Å². The van der Waals surface area contributed by atoms with Crippen molar-refractivity contribution in [3.8, 4) is 0 Å². The zero-order valence-electron chi connectivity index (χ0n) is 10.5. The van der Waals surface area contributed by atoms with Gasteiger partial charge in [-0.2, -0.15) is 0 Å². The fourth-order valence-corrected chi connectivity index (χ4v) is 3.59. The van der Waals surface area contributed by atoms with E-state index in [1.807, 2.05) is 0 Å². The van der Waals surface area contributed by atoms with Gasteiger partial charge in [0.15, 0.2) is 0 Å². The topological polar surface area (TPSA) is 15.3 Å². The summed E-state index contributed by atoms with van der Waals surface area (Å²) in [5.74, 6) is 0.889. The van der Waals surface area contributed by atoms with E-state index in [0.717, 1.165) is 24.0 Å². The van der Waals surface area contributed by atoms with Crippen LogP contribution < -0.4 is 5.32 Å². The normalized spacial score (nSPS) is 42.6. The summed E-state index contributed by atoms with van der Waals surface area (Å²) in [6, 6.07) is 2.49. The summed E-state index contributed by atoms with van der Waals surface area (Å²) in [5, 5.41) is 3.57. The highest BCUT2D eigenvalue weighted by Crippen LogP contribution is 2.32. The van der Waals surface area contributed by atoms with E-state index in [1.54, 1.807) is 0 Å². The summed E-state index contributed by atoms with van der Waals surface area (Å²) in [7, 11) is 0. The van der Waals surface area contributed by atoms with Crippen molar-refractivity contribution >= 4 is 0 Å². The summed E-state index contributed by atoms with van der Waals surface area (Å²) < 4.78 is 0. The van der Waals surface area contributed by atoms with Crippen LogP contribution in [0.1, 0.15) is 46.5 Å². The first-order chi connectivity index (χ1) is 7.27. The maximum absolute atomic E-state index is 3.57. The molecule has 2 aliphatic heterocycles. The molecule has 2 nitrogen and oxygen atoms in total. The molecule has 2 fully saturated rings. The zero-order chi connectivity index (χ0) is 10.8. The lowest BCUT2D eigenvalue weighted by atomic mass is 9.97. The maximum atomic E-state index is 3.57. The first-order valence-electron chi connectivity index (χ1n) is 6.76. The Morgan fingerprint density at radius 2 is 1.93 bits per heavy atom. The van der Waals surface area contributed by atoms with E-state index in [-0.39, 0.29) is 0 Å². The van der Waals surface area contributed by atoms with Crippen LogP contribution in [0, 0.1) is 5.92 Å². The summed E-state index contributed by atoms with van der Waals surface area (Å²) >= 11 is 0. The molecule has 0 spiro atoms. The lowest BCUT2D eigenvalue weighted by molar-refractivity contribution is 0.113. The van der Waals surface area contributed by atoms with Gasteiger partial charge >= 0.3 is 0 Å². The van der Waals surface area contributed by atoms with E-state index >= 15 is 0 Å². The number of hydrogen-bond donors (Lipinski definition) is 1. The highest BCUT2D eigenvalue weighted by molar-refractivity contribution is 4.96. The minimum Gasteiger partial charge on any atom is -0.315 e. The van der Waals surface area contributed by atoms with Gasteiger partial charge < -0.3 is 5.32 Å². The number of rotatable bonds is 3. The summed E-state index contributed by atoms with van der Waals surface area (Å²) in [5.41, 5.74) is 0. The van der Waals surface area contributed by atoms with E-state index in [9.17, 15) is 0 Å². The van der Waals surface area contributed by atoms with E-state index in [1.165, 1.54) is 38.8 Å². The van der Waals surface area contributed by atoms with Crippen LogP contribution in [0.3, 0.4) is 0 Å². The van der Waals surface area contributed by atoms with Crippen molar-refractivity contribution in [3.63, 3.8) is 0 Å². The Morgan fingerprint density at radius 1 is 1.13 bits per heavy atom. The molecule has 0 saturated carbocycles.